The van der Waals surface area contributed by atoms with Crippen molar-refractivity contribution < 1.29 is 14.3 Å². The second-order valence-electron chi connectivity index (χ2n) is 5.68. The number of carbonyl (C=O) groups excluding carboxylic acids is 1. The molecule has 3 atom stereocenters. The van der Waals surface area contributed by atoms with Crippen LogP contribution in [0.4, 0.5) is 0 Å². The van der Waals surface area contributed by atoms with Crippen molar-refractivity contribution in [3.63, 3.8) is 0 Å². The van der Waals surface area contributed by atoms with Gasteiger partial charge in [0.05, 0.1) is 19.6 Å². The van der Waals surface area contributed by atoms with E-state index in [1.54, 1.807) is 0 Å². The van der Waals surface area contributed by atoms with Crippen LogP contribution in [0.5, 0.6) is 0 Å². The number of hydrogen-bond acceptors (Lipinski definition) is 4. The Bertz CT molecular complexity index is 290. The van der Waals surface area contributed by atoms with Crippen LogP contribution in [-0.4, -0.2) is 38.4 Å². The molecule has 1 N–H and O–H groups in total. The van der Waals surface area contributed by atoms with E-state index in [0.29, 0.717) is 31.0 Å². The van der Waals surface area contributed by atoms with E-state index in [9.17, 15) is 4.79 Å². The van der Waals surface area contributed by atoms with Gasteiger partial charge < -0.3 is 14.8 Å². The summed E-state index contributed by atoms with van der Waals surface area (Å²) in [6.07, 6.45) is 3.24. The number of fused-ring (bicyclic) bond motifs is 1. The van der Waals surface area contributed by atoms with Crippen molar-refractivity contribution >= 4 is 5.97 Å². The fourth-order valence-electron chi connectivity index (χ4n) is 3.37. The second-order valence-corrected chi connectivity index (χ2v) is 5.68. The van der Waals surface area contributed by atoms with E-state index in [0.717, 1.165) is 13.0 Å². The first kappa shape index (κ1) is 12.8. The zero-order valence-electron chi connectivity index (χ0n) is 11.0. The predicted molar refractivity (Wildman–Crippen MR) is 64.7 cm³/mol. The van der Waals surface area contributed by atoms with Gasteiger partial charge in [-0.2, -0.15) is 0 Å². The highest BCUT2D eigenvalue weighted by molar-refractivity contribution is 5.69. The molecule has 4 nitrogen and oxygen atoms in total. The van der Waals surface area contributed by atoms with Crippen molar-refractivity contribution in [2.45, 2.75) is 45.3 Å². The van der Waals surface area contributed by atoms with Crippen LogP contribution in [0.1, 0.15) is 33.1 Å². The summed E-state index contributed by atoms with van der Waals surface area (Å²) >= 11 is 0. The Balaban J connectivity index is 1.82. The Hall–Kier alpha value is -0.610. The minimum absolute atomic E-state index is 0.147. The van der Waals surface area contributed by atoms with Gasteiger partial charge in [0.1, 0.15) is 0 Å². The number of nitrogens with one attached hydrogen (secondary N) is 1. The highest BCUT2D eigenvalue weighted by atomic mass is 16.5. The van der Waals surface area contributed by atoms with E-state index in [1.807, 2.05) is 0 Å². The third kappa shape index (κ3) is 2.33. The van der Waals surface area contributed by atoms with E-state index in [2.05, 4.69) is 23.9 Å². The third-order valence-electron chi connectivity index (χ3n) is 4.25. The lowest BCUT2D eigenvalue weighted by atomic mass is 9.55. The quantitative estimate of drug-likeness (QED) is 0.755. The van der Waals surface area contributed by atoms with Crippen molar-refractivity contribution in [3.8, 4) is 0 Å². The fraction of sp³-hybridized carbons (Fsp3) is 0.923. The van der Waals surface area contributed by atoms with E-state index in [-0.39, 0.29) is 11.4 Å². The maximum Gasteiger partial charge on any atom is 0.306 e. The molecule has 0 amide bonds. The van der Waals surface area contributed by atoms with Crippen LogP contribution in [0.3, 0.4) is 0 Å². The summed E-state index contributed by atoms with van der Waals surface area (Å²) < 4.78 is 10.5. The van der Waals surface area contributed by atoms with Gasteiger partial charge in [0.2, 0.25) is 0 Å². The molecule has 0 radical (unpaired) electrons. The summed E-state index contributed by atoms with van der Waals surface area (Å²) in [5.41, 5.74) is 0.182. The predicted octanol–water partition coefficient (Wildman–Crippen LogP) is 1.34. The van der Waals surface area contributed by atoms with E-state index >= 15 is 0 Å². The summed E-state index contributed by atoms with van der Waals surface area (Å²) in [6.45, 7) is 6.09. The van der Waals surface area contributed by atoms with Gasteiger partial charge in [-0.1, -0.05) is 13.8 Å². The molecule has 1 saturated heterocycles. The van der Waals surface area contributed by atoms with Crippen LogP contribution in [0, 0.1) is 11.3 Å². The van der Waals surface area contributed by atoms with Gasteiger partial charge in [-0.05, 0) is 12.8 Å². The Labute approximate surface area is 103 Å². The van der Waals surface area contributed by atoms with Crippen molar-refractivity contribution in [2.75, 3.05) is 20.3 Å². The van der Waals surface area contributed by atoms with E-state index in [1.165, 1.54) is 13.5 Å². The molecule has 3 unspecified atom stereocenters. The topological polar surface area (TPSA) is 47.6 Å². The molecule has 0 aromatic rings. The number of rotatable bonds is 4. The molecule has 2 rings (SSSR count). The van der Waals surface area contributed by atoms with Gasteiger partial charge >= 0.3 is 5.97 Å². The molecule has 98 valence electrons. The molecule has 0 aromatic carbocycles. The summed E-state index contributed by atoms with van der Waals surface area (Å²) in [4.78, 5) is 11.1. The van der Waals surface area contributed by atoms with Crippen LogP contribution < -0.4 is 5.32 Å². The van der Waals surface area contributed by atoms with Crippen molar-refractivity contribution in [2.24, 2.45) is 11.3 Å². The first-order valence-corrected chi connectivity index (χ1v) is 6.49. The highest BCUT2D eigenvalue weighted by Gasteiger charge is 2.57. The number of methoxy groups -OCH3 is 1. The number of hydrogen-bond donors (Lipinski definition) is 1. The van der Waals surface area contributed by atoms with Crippen molar-refractivity contribution in [1.82, 2.24) is 5.32 Å². The summed E-state index contributed by atoms with van der Waals surface area (Å²) in [5.74, 6) is 0.475. The Kier molecular flexibility index (Phi) is 3.73. The number of esters is 1. The SMILES string of the molecule is COC(=O)CCNC1C2CCCOC2C1(C)C. The number of carbonyl (C=O) groups is 1. The first-order valence-electron chi connectivity index (χ1n) is 6.49. The molecule has 1 aliphatic carbocycles. The molecule has 4 heteroatoms. The molecule has 1 saturated carbocycles. The first-order chi connectivity index (χ1) is 8.07. The monoisotopic (exact) mass is 241 g/mol. The van der Waals surface area contributed by atoms with Gasteiger partial charge in [0, 0.05) is 30.5 Å². The molecule has 0 spiro atoms. The van der Waals surface area contributed by atoms with Crippen LogP contribution in [0.2, 0.25) is 0 Å². The van der Waals surface area contributed by atoms with Gasteiger partial charge in [0.25, 0.3) is 0 Å². The van der Waals surface area contributed by atoms with Gasteiger partial charge in [-0.3, -0.25) is 4.79 Å². The van der Waals surface area contributed by atoms with E-state index < -0.39 is 0 Å². The Morgan fingerprint density at radius 2 is 2.29 bits per heavy atom. The maximum absolute atomic E-state index is 11.1. The van der Waals surface area contributed by atoms with Crippen molar-refractivity contribution in [1.29, 1.82) is 0 Å². The lowest BCUT2D eigenvalue weighted by Gasteiger charge is -2.60. The Morgan fingerprint density at radius 1 is 1.53 bits per heavy atom. The van der Waals surface area contributed by atoms with Crippen LogP contribution in [0.25, 0.3) is 0 Å². The zero-order valence-corrected chi connectivity index (χ0v) is 11.0. The molecule has 17 heavy (non-hydrogen) atoms. The zero-order chi connectivity index (χ0) is 12.5. The minimum atomic E-state index is -0.147. The Morgan fingerprint density at radius 3 is 3.00 bits per heavy atom. The standard InChI is InChI=1S/C13H23NO3/c1-13(2)11(14-7-6-10(15)16-3)9-5-4-8-17-12(9)13/h9,11-12,14H,4-8H2,1-3H3. The fourth-order valence-corrected chi connectivity index (χ4v) is 3.37. The van der Waals surface area contributed by atoms with E-state index in [4.69, 9.17) is 4.74 Å². The van der Waals surface area contributed by atoms with Gasteiger partial charge in [-0.25, -0.2) is 0 Å². The average molecular weight is 241 g/mol. The minimum Gasteiger partial charge on any atom is -0.469 e. The number of ether oxygens (including phenoxy) is 2. The highest BCUT2D eigenvalue weighted by Crippen LogP contribution is 2.51. The normalized spacial score (nSPS) is 34.6. The lowest BCUT2D eigenvalue weighted by molar-refractivity contribution is -0.192. The smallest absolute Gasteiger partial charge is 0.306 e. The van der Waals surface area contributed by atoms with Crippen molar-refractivity contribution in [3.05, 3.63) is 0 Å². The molecule has 2 aliphatic rings. The van der Waals surface area contributed by atoms with Crippen LogP contribution >= 0.6 is 0 Å². The lowest BCUT2D eigenvalue weighted by Crippen LogP contribution is -2.69. The molecule has 2 fully saturated rings. The third-order valence-corrected chi connectivity index (χ3v) is 4.25. The average Bonchev–Trinajstić information content (AvgIpc) is 2.34. The summed E-state index contributed by atoms with van der Waals surface area (Å²) in [5, 5.41) is 3.49. The molecule has 1 heterocycles. The summed E-state index contributed by atoms with van der Waals surface area (Å²) in [7, 11) is 1.43. The second kappa shape index (κ2) is 4.94. The van der Waals surface area contributed by atoms with Gasteiger partial charge in [-0.15, -0.1) is 0 Å². The molecule has 1 aliphatic heterocycles. The molecule has 0 aromatic heterocycles. The molecular formula is C13H23NO3. The summed E-state index contributed by atoms with van der Waals surface area (Å²) in [6, 6.07) is 0.470. The van der Waals surface area contributed by atoms with Crippen LogP contribution in [0.15, 0.2) is 0 Å². The largest absolute Gasteiger partial charge is 0.469 e. The maximum atomic E-state index is 11.1. The molecular weight excluding hydrogens is 218 g/mol. The molecule has 0 bridgehead atoms. The van der Waals surface area contributed by atoms with Gasteiger partial charge in [0.15, 0.2) is 0 Å². The van der Waals surface area contributed by atoms with Crippen LogP contribution in [-0.2, 0) is 14.3 Å².